The summed E-state index contributed by atoms with van der Waals surface area (Å²) in [5.41, 5.74) is 1.73. The molecule has 1 saturated heterocycles. The van der Waals surface area contributed by atoms with E-state index in [2.05, 4.69) is 40.0 Å². The molecular weight excluding hydrogens is 598 g/mol. The monoisotopic (exact) mass is 624 g/mol. The van der Waals surface area contributed by atoms with Crippen LogP contribution in [0.4, 0.5) is 14.5 Å². The first-order valence-corrected chi connectivity index (χ1v) is 13.9. The standard InChI is InChI=1S/C20H20ClFN6O2.C9H7FN2O2/c1-23-20(30)14-4-5-15(19(21)25-14)28-8-6-27(7-9-28)11-12-2-3-13-18(17(12)22)26-16(29)10-24-13;10-8-5(4-13)1-2-6-9(8)12-7(14)3-11-6/h2-5,10H,6-9,11H2,1H3,(H,23,30)(H,26,29);1-3,13H,4H2,(H,12,14). The van der Waals surface area contributed by atoms with Gasteiger partial charge in [0, 0.05) is 50.9 Å². The van der Waals surface area contributed by atoms with Crippen molar-refractivity contribution in [3.05, 3.63) is 103 Å². The quantitative estimate of drug-likeness (QED) is 0.215. The van der Waals surface area contributed by atoms with Crippen LogP contribution in [0.15, 0.2) is 58.4 Å². The van der Waals surface area contributed by atoms with Gasteiger partial charge in [-0.05, 0) is 24.3 Å². The SMILES string of the molecule is CNC(=O)c1ccc(N2CCN(Cc3ccc4ncc(=O)[nH]c4c3F)CC2)c(Cl)n1.O=c1cnc2ccc(CO)c(F)c2[nH]1. The van der Waals surface area contributed by atoms with E-state index >= 15 is 0 Å². The maximum absolute atomic E-state index is 14.8. The second kappa shape index (κ2) is 13.2. The van der Waals surface area contributed by atoms with E-state index in [1.807, 2.05) is 0 Å². The molecule has 3 aromatic heterocycles. The maximum atomic E-state index is 14.8. The van der Waals surface area contributed by atoms with Crippen LogP contribution in [-0.2, 0) is 13.2 Å². The van der Waals surface area contributed by atoms with Gasteiger partial charge in [-0.1, -0.05) is 23.7 Å². The smallest absolute Gasteiger partial charge is 0.269 e. The number of piperazine rings is 1. The van der Waals surface area contributed by atoms with Gasteiger partial charge in [0.1, 0.15) is 16.7 Å². The number of aromatic amines is 2. The molecule has 1 aliphatic rings. The normalized spacial score (nSPS) is 13.5. The van der Waals surface area contributed by atoms with Crippen molar-refractivity contribution in [2.24, 2.45) is 0 Å². The van der Waals surface area contributed by atoms with E-state index in [-0.39, 0.29) is 33.4 Å². The maximum Gasteiger partial charge on any atom is 0.269 e. The Morgan fingerprint density at radius 3 is 2.02 bits per heavy atom. The lowest BCUT2D eigenvalue weighted by molar-refractivity contribution is 0.0958. The highest BCUT2D eigenvalue weighted by atomic mass is 35.5. The predicted octanol–water partition coefficient (Wildman–Crippen LogP) is 2.35. The van der Waals surface area contributed by atoms with Gasteiger partial charge in [0.25, 0.3) is 17.0 Å². The number of H-pyrrole nitrogens is 2. The van der Waals surface area contributed by atoms with Crippen molar-refractivity contribution in [3.8, 4) is 0 Å². The minimum absolute atomic E-state index is 0.0315. The van der Waals surface area contributed by atoms with Gasteiger partial charge in [-0.15, -0.1) is 0 Å². The number of carbonyl (C=O) groups is 1. The minimum atomic E-state index is -0.629. The van der Waals surface area contributed by atoms with E-state index in [9.17, 15) is 23.2 Å². The van der Waals surface area contributed by atoms with Crippen LogP contribution < -0.4 is 21.3 Å². The number of anilines is 1. The van der Waals surface area contributed by atoms with Gasteiger partial charge in [0.15, 0.2) is 16.8 Å². The molecule has 12 nitrogen and oxygen atoms in total. The number of pyridine rings is 1. The average molecular weight is 625 g/mol. The molecule has 2 aromatic carbocycles. The number of fused-ring (bicyclic) bond motifs is 2. The number of aliphatic hydroxyl groups is 1. The van der Waals surface area contributed by atoms with Crippen LogP contribution in [-0.4, -0.2) is 74.1 Å². The van der Waals surface area contributed by atoms with Crippen LogP contribution in [0, 0.1) is 11.6 Å². The first-order valence-electron chi connectivity index (χ1n) is 13.5. The summed E-state index contributed by atoms with van der Waals surface area (Å²) in [6.45, 7) is 2.80. The first-order chi connectivity index (χ1) is 21.2. The summed E-state index contributed by atoms with van der Waals surface area (Å²) in [4.78, 5) is 55.0. The summed E-state index contributed by atoms with van der Waals surface area (Å²) < 4.78 is 28.3. The molecule has 0 aliphatic carbocycles. The lowest BCUT2D eigenvalue weighted by Gasteiger charge is -2.36. The van der Waals surface area contributed by atoms with Crippen LogP contribution in [0.5, 0.6) is 0 Å². The molecule has 0 bridgehead atoms. The number of carbonyl (C=O) groups excluding carboxylic acids is 1. The third-order valence-corrected chi connectivity index (χ3v) is 7.38. The van der Waals surface area contributed by atoms with Crippen molar-refractivity contribution < 1.29 is 18.7 Å². The van der Waals surface area contributed by atoms with Crippen molar-refractivity contribution in [2.45, 2.75) is 13.2 Å². The van der Waals surface area contributed by atoms with Crippen molar-refractivity contribution >= 4 is 45.3 Å². The van der Waals surface area contributed by atoms with Crippen LogP contribution in [0.25, 0.3) is 22.1 Å². The van der Waals surface area contributed by atoms with Crippen LogP contribution in [0.2, 0.25) is 5.15 Å². The molecule has 15 heteroatoms. The first kappa shape index (κ1) is 30.7. The van der Waals surface area contributed by atoms with E-state index in [4.69, 9.17) is 16.7 Å². The summed E-state index contributed by atoms with van der Waals surface area (Å²) in [5, 5.41) is 11.6. The summed E-state index contributed by atoms with van der Waals surface area (Å²) >= 11 is 6.29. The largest absolute Gasteiger partial charge is 0.392 e. The molecule has 0 unspecified atom stereocenters. The van der Waals surface area contributed by atoms with Gasteiger partial charge in [-0.2, -0.15) is 0 Å². The Kier molecular flexibility index (Phi) is 9.23. The number of nitrogens with one attached hydrogen (secondary N) is 3. The van der Waals surface area contributed by atoms with Crippen molar-refractivity contribution in [3.63, 3.8) is 0 Å². The third kappa shape index (κ3) is 6.56. The molecule has 4 heterocycles. The number of aliphatic hydroxyl groups excluding tert-OH is 1. The van der Waals surface area contributed by atoms with Crippen LogP contribution in [0.3, 0.4) is 0 Å². The predicted molar refractivity (Wildman–Crippen MR) is 161 cm³/mol. The minimum Gasteiger partial charge on any atom is -0.392 e. The molecule has 44 heavy (non-hydrogen) atoms. The molecule has 5 aromatic rings. The van der Waals surface area contributed by atoms with E-state index in [1.54, 1.807) is 30.3 Å². The Morgan fingerprint density at radius 2 is 1.48 bits per heavy atom. The fraction of sp³-hybridized carbons (Fsp3) is 0.241. The Hall–Kier alpha value is -4.79. The molecule has 4 N–H and O–H groups in total. The Bertz CT molecular complexity index is 1960. The Labute approximate surface area is 253 Å². The van der Waals surface area contributed by atoms with Gasteiger partial charge in [-0.25, -0.2) is 23.7 Å². The zero-order valence-corrected chi connectivity index (χ0v) is 24.2. The van der Waals surface area contributed by atoms with Gasteiger partial charge in [0.2, 0.25) is 0 Å². The lowest BCUT2D eigenvalue weighted by atomic mass is 10.1. The van der Waals surface area contributed by atoms with Crippen molar-refractivity contribution in [1.82, 2.24) is 35.1 Å². The fourth-order valence-corrected chi connectivity index (χ4v) is 5.06. The van der Waals surface area contributed by atoms with Crippen LogP contribution >= 0.6 is 11.6 Å². The lowest BCUT2D eigenvalue weighted by Crippen LogP contribution is -2.46. The van der Waals surface area contributed by atoms with Gasteiger partial charge in [-0.3, -0.25) is 19.3 Å². The highest BCUT2D eigenvalue weighted by Crippen LogP contribution is 2.26. The zero-order valence-electron chi connectivity index (χ0n) is 23.4. The molecule has 0 spiro atoms. The summed E-state index contributed by atoms with van der Waals surface area (Å²) in [7, 11) is 1.54. The average Bonchev–Trinajstić information content (AvgIpc) is 3.03. The van der Waals surface area contributed by atoms with E-state index in [0.29, 0.717) is 49.3 Å². The molecule has 1 aliphatic heterocycles. The Morgan fingerprint density at radius 1 is 0.909 bits per heavy atom. The van der Waals surface area contributed by atoms with Gasteiger partial charge in [0.05, 0.1) is 35.7 Å². The fourth-order valence-electron chi connectivity index (χ4n) is 4.79. The highest BCUT2D eigenvalue weighted by Gasteiger charge is 2.22. The third-order valence-electron chi connectivity index (χ3n) is 7.10. The molecular formula is C29H27ClF2N8O4. The number of hydrogen-bond donors (Lipinski definition) is 4. The number of amides is 1. The number of nitrogens with zero attached hydrogens (tertiary/aromatic N) is 5. The number of aromatic nitrogens is 5. The molecule has 0 saturated carbocycles. The van der Waals surface area contributed by atoms with E-state index in [0.717, 1.165) is 18.1 Å². The zero-order chi connectivity index (χ0) is 31.4. The molecule has 6 rings (SSSR count). The highest BCUT2D eigenvalue weighted by molar-refractivity contribution is 6.32. The number of rotatable bonds is 5. The molecule has 0 atom stereocenters. The second-order valence-electron chi connectivity index (χ2n) is 9.87. The molecule has 1 amide bonds. The summed E-state index contributed by atoms with van der Waals surface area (Å²) in [5.74, 6) is -1.37. The summed E-state index contributed by atoms with van der Waals surface area (Å²) in [6.07, 6.45) is 2.22. The molecule has 0 radical (unpaired) electrons. The topological polar surface area (TPSA) is 160 Å². The van der Waals surface area contributed by atoms with E-state index < -0.39 is 29.4 Å². The van der Waals surface area contributed by atoms with Crippen molar-refractivity contribution in [2.75, 3.05) is 38.1 Å². The number of hydrogen-bond acceptors (Lipinski definition) is 9. The van der Waals surface area contributed by atoms with Crippen LogP contribution in [0.1, 0.15) is 21.6 Å². The van der Waals surface area contributed by atoms with E-state index in [1.165, 1.54) is 13.1 Å². The Balaban J connectivity index is 0.000000229. The number of halogens is 3. The second-order valence-corrected chi connectivity index (χ2v) is 10.2. The van der Waals surface area contributed by atoms with Gasteiger partial charge < -0.3 is 25.3 Å². The molecule has 1 fully saturated rings. The summed E-state index contributed by atoms with van der Waals surface area (Å²) in [6, 6.07) is 9.82. The van der Waals surface area contributed by atoms with Gasteiger partial charge >= 0.3 is 0 Å². The van der Waals surface area contributed by atoms with Crippen molar-refractivity contribution in [1.29, 1.82) is 0 Å². The number of benzene rings is 2. The molecule has 228 valence electrons.